The van der Waals surface area contributed by atoms with Crippen LogP contribution >= 0.6 is 0 Å². The van der Waals surface area contributed by atoms with Crippen molar-refractivity contribution in [3.8, 4) is 0 Å². The first-order valence-electron chi connectivity index (χ1n) is 8.89. The van der Waals surface area contributed by atoms with Gasteiger partial charge in [-0.1, -0.05) is 55.7 Å². The monoisotopic (exact) mass is 308 g/mol. The van der Waals surface area contributed by atoms with Crippen molar-refractivity contribution in [2.45, 2.75) is 51.2 Å². The highest BCUT2D eigenvalue weighted by molar-refractivity contribution is 5.17. The second-order valence-corrected chi connectivity index (χ2v) is 6.62. The van der Waals surface area contributed by atoms with E-state index in [0.29, 0.717) is 0 Å². The third kappa shape index (κ3) is 4.35. The molecule has 1 aliphatic rings. The summed E-state index contributed by atoms with van der Waals surface area (Å²) in [6.07, 6.45) is 11.1. The van der Waals surface area contributed by atoms with Crippen molar-refractivity contribution in [1.29, 1.82) is 0 Å². The van der Waals surface area contributed by atoms with Gasteiger partial charge in [0.05, 0.1) is 0 Å². The molecule has 2 nitrogen and oxygen atoms in total. The second kappa shape index (κ2) is 8.16. The predicted molar refractivity (Wildman–Crippen MR) is 97.5 cm³/mol. The van der Waals surface area contributed by atoms with Crippen LogP contribution in [0, 0.1) is 0 Å². The van der Waals surface area contributed by atoms with Gasteiger partial charge in [0.2, 0.25) is 0 Å². The van der Waals surface area contributed by atoms with Crippen LogP contribution in [-0.4, -0.2) is 22.1 Å². The second-order valence-electron chi connectivity index (χ2n) is 6.62. The molecule has 0 aliphatic heterocycles. The first-order chi connectivity index (χ1) is 11.4. The van der Waals surface area contributed by atoms with Gasteiger partial charge in [-0.25, -0.2) is 0 Å². The quantitative estimate of drug-likeness (QED) is 0.663. The summed E-state index contributed by atoms with van der Waals surface area (Å²) in [4.78, 5) is 2.61. The van der Waals surface area contributed by atoms with E-state index in [1.807, 2.05) is 0 Å². The Balaban J connectivity index is 1.70. The van der Waals surface area contributed by atoms with Crippen LogP contribution in [-0.2, 0) is 13.1 Å². The largest absolute Gasteiger partial charge is 0.346 e. The Kier molecular flexibility index (Phi) is 5.71. The molecule has 0 atom stereocenters. The zero-order valence-electron chi connectivity index (χ0n) is 14.0. The fraction of sp³-hybridized carbons (Fsp3) is 0.429. The van der Waals surface area contributed by atoms with E-state index in [-0.39, 0.29) is 0 Å². The van der Waals surface area contributed by atoms with E-state index in [2.05, 4.69) is 70.8 Å². The molecule has 2 aromatic rings. The molecule has 3 rings (SSSR count). The molecular formula is C21H28N2. The maximum Gasteiger partial charge on any atom is 0.0473 e. The highest BCUT2D eigenvalue weighted by Crippen LogP contribution is 2.24. The van der Waals surface area contributed by atoms with Gasteiger partial charge in [0, 0.05) is 37.6 Å². The Morgan fingerprint density at radius 1 is 1.04 bits per heavy atom. The lowest BCUT2D eigenvalue weighted by molar-refractivity contribution is 0.161. The number of aromatic nitrogens is 1. The molecule has 0 amide bonds. The molecule has 122 valence electrons. The van der Waals surface area contributed by atoms with Gasteiger partial charge < -0.3 is 4.57 Å². The standard InChI is InChI=1S/C21H28N2/c1-2-15-22(20-12-7-4-8-13-20)18-21-14-9-16-23(21)17-19-10-5-3-6-11-19/h2-3,5-6,9-11,14,16,20H,1,4,7-8,12-13,15,17-18H2. The third-order valence-corrected chi connectivity index (χ3v) is 4.94. The smallest absolute Gasteiger partial charge is 0.0473 e. The van der Waals surface area contributed by atoms with Crippen molar-refractivity contribution in [3.63, 3.8) is 0 Å². The van der Waals surface area contributed by atoms with Crippen LogP contribution < -0.4 is 0 Å². The van der Waals surface area contributed by atoms with Gasteiger partial charge in [-0.15, -0.1) is 6.58 Å². The van der Waals surface area contributed by atoms with Gasteiger partial charge >= 0.3 is 0 Å². The maximum atomic E-state index is 3.97. The summed E-state index contributed by atoms with van der Waals surface area (Å²) in [6.45, 7) is 6.93. The number of rotatable bonds is 7. The lowest BCUT2D eigenvalue weighted by atomic mass is 9.94. The lowest BCUT2D eigenvalue weighted by Crippen LogP contribution is -2.37. The van der Waals surface area contributed by atoms with Crippen LogP contribution in [0.15, 0.2) is 61.3 Å². The number of hydrogen-bond donors (Lipinski definition) is 0. The van der Waals surface area contributed by atoms with Crippen LogP contribution in [0.5, 0.6) is 0 Å². The average Bonchev–Trinajstić information content (AvgIpc) is 3.03. The summed E-state index contributed by atoms with van der Waals surface area (Å²) in [5.74, 6) is 0. The third-order valence-electron chi connectivity index (χ3n) is 4.94. The normalized spacial score (nSPS) is 15.9. The molecule has 0 radical (unpaired) electrons. The Bertz CT molecular complexity index is 593. The van der Waals surface area contributed by atoms with Gasteiger partial charge in [-0.3, -0.25) is 4.90 Å². The van der Waals surface area contributed by atoms with E-state index in [4.69, 9.17) is 0 Å². The molecule has 1 aliphatic carbocycles. The molecular weight excluding hydrogens is 280 g/mol. The van der Waals surface area contributed by atoms with Gasteiger partial charge in [0.25, 0.3) is 0 Å². The molecule has 0 spiro atoms. The fourth-order valence-corrected chi connectivity index (χ4v) is 3.69. The van der Waals surface area contributed by atoms with Crippen molar-refractivity contribution in [2.24, 2.45) is 0 Å². The van der Waals surface area contributed by atoms with Crippen LogP contribution in [0.1, 0.15) is 43.4 Å². The highest BCUT2D eigenvalue weighted by Gasteiger charge is 2.21. The van der Waals surface area contributed by atoms with Crippen molar-refractivity contribution < 1.29 is 0 Å². The Hall–Kier alpha value is -1.80. The van der Waals surface area contributed by atoms with Crippen molar-refractivity contribution in [3.05, 3.63) is 72.6 Å². The SMILES string of the molecule is C=CCN(Cc1cccn1Cc1ccccc1)C1CCCCC1. The first kappa shape index (κ1) is 16.1. The Labute approximate surface area is 140 Å². The summed E-state index contributed by atoms with van der Waals surface area (Å²) < 4.78 is 2.38. The lowest BCUT2D eigenvalue weighted by Gasteiger charge is -2.33. The van der Waals surface area contributed by atoms with E-state index >= 15 is 0 Å². The molecule has 2 heteroatoms. The van der Waals surface area contributed by atoms with Gasteiger partial charge in [-0.05, 0) is 30.5 Å². The summed E-state index contributed by atoms with van der Waals surface area (Å²) in [7, 11) is 0. The summed E-state index contributed by atoms with van der Waals surface area (Å²) in [6, 6.07) is 15.9. The van der Waals surface area contributed by atoms with E-state index in [1.54, 1.807) is 0 Å². The highest BCUT2D eigenvalue weighted by atomic mass is 15.2. The number of nitrogens with zero attached hydrogens (tertiary/aromatic N) is 2. The number of benzene rings is 1. The molecule has 1 heterocycles. The molecule has 1 saturated carbocycles. The van der Waals surface area contributed by atoms with Crippen LogP contribution in [0.2, 0.25) is 0 Å². The minimum Gasteiger partial charge on any atom is -0.346 e. The van der Waals surface area contributed by atoms with E-state index in [0.717, 1.165) is 25.7 Å². The minimum atomic E-state index is 0.724. The maximum absolute atomic E-state index is 3.97. The summed E-state index contributed by atoms with van der Waals surface area (Å²) >= 11 is 0. The van der Waals surface area contributed by atoms with Crippen LogP contribution in [0.25, 0.3) is 0 Å². The van der Waals surface area contributed by atoms with E-state index < -0.39 is 0 Å². The topological polar surface area (TPSA) is 8.17 Å². The Morgan fingerprint density at radius 2 is 1.83 bits per heavy atom. The minimum absolute atomic E-state index is 0.724. The zero-order chi connectivity index (χ0) is 15.9. The molecule has 0 unspecified atom stereocenters. The number of hydrogen-bond acceptors (Lipinski definition) is 1. The van der Waals surface area contributed by atoms with E-state index in [1.165, 1.54) is 43.4 Å². The molecule has 23 heavy (non-hydrogen) atoms. The van der Waals surface area contributed by atoms with Crippen LogP contribution in [0.3, 0.4) is 0 Å². The summed E-state index contributed by atoms with van der Waals surface area (Å²) in [5.41, 5.74) is 2.76. The fourth-order valence-electron chi connectivity index (χ4n) is 3.69. The first-order valence-corrected chi connectivity index (χ1v) is 8.89. The molecule has 1 fully saturated rings. The van der Waals surface area contributed by atoms with Gasteiger partial charge in [0.15, 0.2) is 0 Å². The Morgan fingerprint density at radius 3 is 2.57 bits per heavy atom. The molecule has 0 N–H and O–H groups in total. The average molecular weight is 308 g/mol. The van der Waals surface area contributed by atoms with Crippen molar-refractivity contribution in [1.82, 2.24) is 9.47 Å². The van der Waals surface area contributed by atoms with Gasteiger partial charge in [0.1, 0.15) is 0 Å². The molecule has 0 bridgehead atoms. The molecule has 0 saturated heterocycles. The molecule has 1 aromatic carbocycles. The molecule has 1 aromatic heterocycles. The predicted octanol–water partition coefficient (Wildman–Crippen LogP) is 4.86. The zero-order valence-corrected chi connectivity index (χ0v) is 14.0. The summed E-state index contributed by atoms with van der Waals surface area (Å²) in [5, 5.41) is 0. The van der Waals surface area contributed by atoms with Crippen molar-refractivity contribution in [2.75, 3.05) is 6.54 Å². The van der Waals surface area contributed by atoms with Gasteiger partial charge in [-0.2, -0.15) is 0 Å². The van der Waals surface area contributed by atoms with E-state index in [9.17, 15) is 0 Å². The van der Waals surface area contributed by atoms with Crippen LogP contribution in [0.4, 0.5) is 0 Å². The van der Waals surface area contributed by atoms with Crippen molar-refractivity contribution >= 4 is 0 Å².